The largest absolute Gasteiger partial charge is 0.355 e. The van der Waals surface area contributed by atoms with Crippen molar-refractivity contribution in [2.75, 3.05) is 0 Å². The lowest BCUT2D eigenvalue weighted by Crippen LogP contribution is -1.94. The van der Waals surface area contributed by atoms with E-state index in [-0.39, 0.29) is 0 Å². The van der Waals surface area contributed by atoms with Gasteiger partial charge in [0.2, 0.25) is 0 Å². The first kappa shape index (κ1) is 23.1. The molecule has 0 atom stereocenters. The molecule has 42 heavy (non-hydrogen) atoms. The van der Waals surface area contributed by atoms with Crippen LogP contribution in [0.2, 0.25) is 0 Å². The Balaban J connectivity index is 1.19. The summed E-state index contributed by atoms with van der Waals surface area (Å²) in [6.45, 7) is 0. The molecular weight excluding hydrogens is 510 g/mol. The summed E-state index contributed by atoms with van der Waals surface area (Å²) >= 11 is 0. The van der Waals surface area contributed by atoms with E-state index in [1.165, 1.54) is 60.3 Å². The maximum atomic E-state index is 4.67. The predicted octanol–water partition coefficient (Wildman–Crippen LogP) is 10.3. The summed E-state index contributed by atoms with van der Waals surface area (Å²) in [5.74, 6) is 0. The third-order valence-corrected chi connectivity index (χ3v) is 8.58. The van der Waals surface area contributed by atoms with Crippen molar-refractivity contribution in [1.82, 2.24) is 14.5 Å². The van der Waals surface area contributed by atoms with Crippen molar-refractivity contribution in [2.24, 2.45) is 0 Å². The standard InChI is InChI=1S/C39H25N3/c1-3-12-35-31(9-1)33-23-27(16-20-36(33)41-35)28-17-21-38-34(24-28)32-10-2-4-13-37(32)42(38)29-18-14-25(15-19-29)30-11-5-7-26-8-6-22-40-39(26)30/h1-24,41H. The number of pyridine rings is 1. The number of fused-ring (bicyclic) bond motifs is 7. The van der Waals surface area contributed by atoms with E-state index in [9.17, 15) is 0 Å². The van der Waals surface area contributed by atoms with Crippen LogP contribution < -0.4 is 0 Å². The molecule has 9 aromatic rings. The highest BCUT2D eigenvalue weighted by molar-refractivity contribution is 6.12. The molecule has 0 aliphatic carbocycles. The summed E-state index contributed by atoms with van der Waals surface area (Å²) in [4.78, 5) is 8.21. The van der Waals surface area contributed by atoms with Crippen LogP contribution in [0.3, 0.4) is 0 Å². The Morgan fingerprint density at radius 3 is 2.07 bits per heavy atom. The molecule has 0 fully saturated rings. The Morgan fingerprint density at radius 1 is 0.476 bits per heavy atom. The van der Waals surface area contributed by atoms with E-state index in [2.05, 4.69) is 148 Å². The minimum absolute atomic E-state index is 1.03. The summed E-state index contributed by atoms with van der Waals surface area (Å²) in [6.07, 6.45) is 1.87. The maximum Gasteiger partial charge on any atom is 0.0780 e. The number of H-pyrrole nitrogens is 1. The van der Waals surface area contributed by atoms with Gasteiger partial charge in [-0.2, -0.15) is 0 Å². The third-order valence-electron chi connectivity index (χ3n) is 8.58. The molecule has 0 radical (unpaired) electrons. The second kappa shape index (κ2) is 8.92. The molecule has 1 N–H and O–H groups in total. The molecule has 9 rings (SSSR count). The summed E-state index contributed by atoms with van der Waals surface area (Å²) < 4.78 is 2.38. The molecule has 6 aromatic carbocycles. The predicted molar refractivity (Wildman–Crippen MR) is 176 cm³/mol. The van der Waals surface area contributed by atoms with Crippen molar-refractivity contribution in [1.29, 1.82) is 0 Å². The van der Waals surface area contributed by atoms with Gasteiger partial charge in [-0.3, -0.25) is 4.98 Å². The van der Waals surface area contributed by atoms with Crippen LogP contribution in [0.5, 0.6) is 0 Å². The first-order valence-electron chi connectivity index (χ1n) is 14.3. The Morgan fingerprint density at radius 2 is 1.17 bits per heavy atom. The second-order valence-electron chi connectivity index (χ2n) is 10.9. The van der Waals surface area contributed by atoms with Crippen LogP contribution in [0.1, 0.15) is 0 Å². The number of hydrogen-bond donors (Lipinski definition) is 1. The summed E-state index contributed by atoms with van der Waals surface area (Å²) in [6, 6.07) is 50.2. The molecule has 3 heterocycles. The fraction of sp³-hybridized carbons (Fsp3) is 0. The molecule has 0 aliphatic heterocycles. The lowest BCUT2D eigenvalue weighted by molar-refractivity contribution is 1.18. The van der Waals surface area contributed by atoms with Crippen LogP contribution in [-0.2, 0) is 0 Å². The summed E-state index contributed by atoms with van der Waals surface area (Å²) in [5.41, 5.74) is 11.7. The van der Waals surface area contributed by atoms with E-state index < -0.39 is 0 Å². The topological polar surface area (TPSA) is 33.6 Å². The van der Waals surface area contributed by atoms with Gasteiger partial charge >= 0.3 is 0 Å². The van der Waals surface area contributed by atoms with Crippen molar-refractivity contribution in [3.05, 3.63) is 146 Å². The number of aromatic nitrogens is 3. The average Bonchev–Trinajstić information content (AvgIpc) is 3.59. The molecule has 0 unspecified atom stereocenters. The summed E-state index contributed by atoms with van der Waals surface area (Å²) in [7, 11) is 0. The monoisotopic (exact) mass is 535 g/mol. The number of rotatable bonds is 3. The van der Waals surface area contributed by atoms with Gasteiger partial charge in [0.1, 0.15) is 0 Å². The van der Waals surface area contributed by atoms with Crippen molar-refractivity contribution < 1.29 is 0 Å². The lowest BCUT2D eigenvalue weighted by Gasteiger charge is -2.11. The van der Waals surface area contributed by atoms with E-state index in [0.717, 1.165) is 22.2 Å². The zero-order chi connectivity index (χ0) is 27.6. The van der Waals surface area contributed by atoms with Crippen LogP contribution in [-0.4, -0.2) is 14.5 Å². The summed E-state index contributed by atoms with van der Waals surface area (Å²) in [5, 5.41) is 6.18. The Bertz CT molecular complexity index is 2450. The second-order valence-corrected chi connectivity index (χ2v) is 10.9. The Kier molecular flexibility index (Phi) is 4.90. The lowest BCUT2D eigenvalue weighted by atomic mass is 10.0. The van der Waals surface area contributed by atoms with Crippen molar-refractivity contribution >= 4 is 54.5 Å². The molecule has 3 aromatic heterocycles. The fourth-order valence-electron chi connectivity index (χ4n) is 6.59. The van der Waals surface area contributed by atoms with E-state index in [0.29, 0.717) is 0 Å². The maximum absolute atomic E-state index is 4.67. The molecule has 0 saturated heterocycles. The van der Waals surface area contributed by atoms with E-state index in [1.807, 2.05) is 12.3 Å². The molecule has 3 nitrogen and oxygen atoms in total. The zero-order valence-corrected chi connectivity index (χ0v) is 22.8. The number of benzene rings is 6. The number of nitrogens with one attached hydrogen (secondary N) is 1. The van der Waals surface area contributed by atoms with Gasteiger partial charge in [-0.05, 0) is 71.3 Å². The van der Waals surface area contributed by atoms with Gasteiger partial charge < -0.3 is 9.55 Å². The zero-order valence-electron chi connectivity index (χ0n) is 22.8. The van der Waals surface area contributed by atoms with Crippen molar-refractivity contribution in [3.8, 4) is 27.9 Å². The number of nitrogens with zero attached hydrogens (tertiary/aromatic N) is 2. The van der Waals surface area contributed by atoms with Gasteiger partial charge in [0.25, 0.3) is 0 Å². The molecule has 0 amide bonds. The van der Waals surface area contributed by atoms with Gasteiger partial charge in [-0.15, -0.1) is 0 Å². The van der Waals surface area contributed by atoms with Gasteiger partial charge in [0.15, 0.2) is 0 Å². The fourth-order valence-corrected chi connectivity index (χ4v) is 6.59. The number of aromatic amines is 1. The van der Waals surface area contributed by atoms with Crippen LogP contribution in [0.15, 0.2) is 146 Å². The average molecular weight is 536 g/mol. The van der Waals surface area contributed by atoms with Crippen LogP contribution in [0.4, 0.5) is 0 Å². The van der Waals surface area contributed by atoms with E-state index in [1.54, 1.807) is 0 Å². The highest BCUT2D eigenvalue weighted by Gasteiger charge is 2.14. The minimum Gasteiger partial charge on any atom is -0.355 e. The van der Waals surface area contributed by atoms with Crippen LogP contribution >= 0.6 is 0 Å². The first-order chi connectivity index (χ1) is 20.8. The molecule has 0 spiro atoms. The highest BCUT2D eigenvalue weighted by atomic mass is 15.0. The Labute approximate surface area is 242 Å². The van der Waals surface area contributed by atoms with E-state index in [4.69, 9.17) is 0 Å². The number of para-hydroxylation sites is 3. The normalized spacial score (nSPS) is 11.8. The van der Waals surface area contributed by atoms with Gasteiger partial charge in [-0.1, -0.05) is 84.9 Å². The quantitative estimate of drug-likeness (QED) is 0.240. The van der Waals surface area contributed by atoms with Gasteiger partial charge in [-0.25, -0.2) is 0 Å². The molecule has 0 saturated carbocycles. The van der Waals surface area contributed by atoms with Crippen LogP contribution in [0.25, 0.3) is 82.5 Å². The molecule has 0 bridgehead atoms. The highest BCUT2D eigenvalue weighted by Crippen LogP contribution is 2.37. The molecular formula is C39H25N3. The van der Waals surface area contributed by atoms with Crippen LogP contribution in [0, 0.1) is 0 Å². The molecule has 3 heteroatoms. The smallest absolute Gasteiger partial charge is 0.0780 e. The van der Waals surface area contributed by atoms with E-state index >= 15 is 0 Å². The first-order valence-corrected chi connectivity index (χ1v) is 14.3. The third kappa shape index (κ3) is 3.44. The van der Waals surface area contributed by atoms with Crippen molar-refractivity contribution in [3.63, 3.8) is 0 Å². The van der Waals surface area contributed by atoms with Gasteiger partial charge in [0, 0.05) is 55.4 Å². The van der Waals surface area contributed by atoms with Gasteiger partial charge in [0.05, 0.1) is 16.6 Å². The molecule has 0 aliphatic rings. The SMILES string of the molecule is c1cnc2c(-c3ccc(-n4c5ccccc5c5cc(-c6ccc7[nH]c8ccccc8c7c6)ccc54)cc3)cccc2c1. The number of hydrogen-bond acceptors (Lipinski definition) is 1. The minimum atomic E-state index is 1.03. The Hall–Kier alpha value is -5.67. The molecule has 196 valence electrons. The van der Waals surface area contributed by atoms with Crippen molar-refractivity contribution in [2.45, 2.75) is 0 Å².